The van der Waals surface area contributed by atoms with E-state index in [2.05, 4.69) is 15.4 Å². The topological polar surface area (TPSA) is 63.8 Å². The Balaban J connectivity index is 2.06. The summed E-state index contributed by atoms with van der Waals surface area (Å²) in [4.78, 5) is 10.00. The Kier molecular flexibility index (Phi) is 3.44. The molecule has 0 aliphatic rings. The number of nitrogens with one attached hydrogen (secondary N) is 1. The molecule has 3 rings (SSSR count). The Bertz CT molecular complexity index is 712. The van der Waals surface area contributed by atoms with E-state index >= 15 is 0 Å². The molecule has 3 aromatic rings. The molecule has 0 saturated heterocycles. The van der Waals surface area contributed by atoms with Crippen LogP contribution in [0.2, 0.25) is 4.34 Å². The number of para-hydroxylation sites is 2. The Labute approximate surface area is 119 Å². The fraction of sp³-hybridized carbons (Fsp3) is 0.0769. The maximum absolute atomic E-state index is 5.96. The van der Waals surface area contributed by atoms with Crippen LogP contribution in [0, 0.1) is 0 Å². The second kappa shape index (κ2) is 5.22. The van der Waals surface area contributed by atoms with Gasteiger partial charge >= 0.3 is 0 Å². The highest BCUT2D eigenvalue weighted by molar-refractivity contribution is 7.16. The molecule has 0 fully saturated rings. The molecule has 19 heavy (non-hydrogen) atoms. The summed E-state index contributed by atoms with van der Waals surface area (Å²) >= 11 is 7.43. The third-order valence-corrected chi connectivity index (χ3v) is 4.10. The predicted octanol–water partition coefficient (Wildman–Crippen LogP) is 2.90. The fourth-order valence-electron chi connectivity index (χ4n) is 1.91. The van der Waals surface area contributed by atoms with E-state index in [1.54, 1.807) is 6.20 Å². The molecule has 0 bridgehead atoms. The van der Waals surface area contributed by atoms with Crippen molar-refractivity contribution < 1.29 is 0 Å². The maximum atomic E-state index is 5.96. The van der Waals surface area contributed by atoms with Gasteiger partial charge in [-0.25, -0.2) is 10.4 Å². The lowest BCUT2D eigenvalue weighted by Gasteiger charge is -2.13. The van der Waals surface area contributed by atoms with Crippen LogP contribution < -0.4 is 11.3 Å². The summed E-state index contributed by atoms with van der Waals surface area (Å²) in [5.41, 5.74) is 5.26. The summed E-state index contributed by atoms with van der Waals surface area (Å²) in [6.07, 6.45) is 1.74. The van der Waals surface area contributed by atoms with Crippen LogP contribution in [0.1, 0.15) is 16.6 Å². The summed E-state index contributed by atoms with van der Waals surface area (Å²) < 4.78 is 0.726. The lowest BCUT2D eigenvalue weighted by molar-refractivity contribution is 0.630. The summed E-state index contributed by atoms with van der Waals surface area (Å²) in [6.45, 7) is 0. The van der Waals surface area contributed by atoms with Crippen LogP contribution >= 0.6 is 22.9 Å². The molecule has 0 aliphatic carbocycles. The molecule has 2 heterocycles. The van der Waals surface area contributed by atoms with Crippen LogP contribution in [-0.4, -0.2) is 9.97 Å². The molecule has 3 N–H and O–H groups in total. The fourth-order valence-corrected chi connectivity index (χ4v) is 3.04. The average Bonchev–Trinajstić information content (AvgIpc) is 2.86. The van der Waals surface area contributed by atoms with E-state index in [-0.39, 0.29) is 6.04 Å². The highest BCUT2D eigenvalue weighted by atomic mass is 35.5. The minimum absolute atomic E-state index is 0.199. The van der Waals surface area contributed by atoms with E-state index in [4.69, 9.17) is 17.4 Å². The van der Waals surface area contributed by atoms with Gasteiger partial charge in [0.2, 0.25) is 0 Å². The third kappa shape index (κ3) is 2.46. The number of hydrazine groups is 1. The predicted molar refractivity (Wildman–Crippen MR) is 78.0 cm³/mol. The lowest BCUT2D eigenvalue weighted by Crippen LogP contribution is -2.29. The van der Waals surface area contributed by atoms with Gasteiger partial charge in [0.25, 0.3) is 0 Å². The number of halogens is 1. The SMILES string of the molecule is NNC(c1cnc2ccccc2n1)c1ccc(Cl)s1. The van der Waals surface area contributed by atoms with Crippen molar-refractivity contribution in [3.8, 4) is 0 Å². The number of benzene rings is 1. The van der Waals surface area contributed by atoms with Crippen molar-refractivity contribution >= 4 is 34.0 Å². The van der Waals surface area contributed by atoms with E-state index < -0.39 is 0 Å². The third-order valence-electron chi connectivity index (χ3n) is 2.81. The number of fused-ring (bicyclic) bond motifs is 1. The van der Waals surface area contributed by atoms with Gasteiger partial charge in [0.15, 0.2) is 0 Å². The van der Waals surface area contributed by atoms with Crippen molar-refractivity contribution in [2.45, 2.75) is 6.04 Å². The minimum atomic E-state index is -0.199. The summed E-state index contributed by atoms with van der Waals surface area (Å²) in [5, 5.41) is 0. The molecular weight excluding hydrogens is 280 g/mol. The zero-order chi connectivity index (χ0) is 13.2. The van der Waals surface area contributed by atoms with Crippen LogP contribution in [0.5, 0.6) is 0 Å². The number of aromatic nitrogens is 2. The number of thiophene rings is 1. The normalized spacial score (nSPS) is 12.7. The van der Waals surface area contributed by atoms with E-state index in [9.17, 15) is 0 Å². The Morgan fingerprint density at radius 1 is 1.16 bits per heavy atom. The van der Waals surface area contributed by atoms with Gasteiger partial charge in [-0.15, -0.1) is 11.3 Å². The van der Waals surface area contributed by atoms with Gasteiger partial charge < -0.3 is 0 Å². The van der Waals surface area contributed by atoms with Crippen molar-refractivity contribution in [1.29, 1.82) is 0 Å². The molecular formula is C13H11ClN4S. The number of hydrogen-bond acceptors (Lipinski definition) is 5. The molecule has 0 radical (unpaired) electrons. The van der Waals surface area contributed by atoms with Crippen LogP contribution in [-0.2, 0) is 0 Å². The lowest BCUT2D eigenvalue weighted by atomic mass is 10.2. The van der Waals surface area contributed by atoms with Crippen molar-refractivity contribution in [3.63, 3.8) is 0 Å². The molecule has 0 aliphatic heterocycles. The summed E-state index contributed by atoms with van der Waals surface area (Å²) in [5.74, 6) is 5.64. The van der Waals surface area contributed by atoms with Gasteiger partial charge in [0.05, 0.1) is 33.3 Å². The smallest absolute Gasteiger partial charge is 0.0989 e. The Hall–Kier alpha value is -1.53. The molecule has 2 aromatic heterocycles. The van der Waals surface area contributed by atoms with Crippen LogP contribution in [0.3, 0.4) is 0 Å². The molecule has 4 nitrogen and oxygen atoms in total. The van der Waals surface area contributed by atoms with E-state index in [0.29, 0.717) is 0 Å². The minimum Gasteiger partial charge on any atom is -0.270 e. The molecule has 6 heteroatoms. The van der Waals surface area contributed by atoms with Gasteiger partial charge in [-0.1, -0.05) is 23.7 Å². The first-order valence-electron chi connectivity index (χ1n) is 5.71. The highest BCUT2D eigenvalue weighted by Gasteiger charge is 2.16. The van der Waals surface area contributed by atoms with Gasteiger partial charge in [-0.05, 0) is 24.3 Å². The van der Waals surface area contributed by atoms with Crippen molar-refractivity contribution in [1.82, 2.24) is 15.4 Å². The first-order valence-corrected chi connectivity index (χ1v) is 6.90. The monoisotopic (exact) mass is 290 g/mol. The average molecular weight is 291 g/mol. The van der Waals surface area contributed by atoms with E-state index in [1.165, 1.54) is 11.3 Å². The molecule has 1 atom stereocenters. The first-order chi connectivity index (χ1) is 9.28. The molecule has 0 amide bonds. The van der Waals surface area contributed by atoms with Crippen LogP contribution in [0.4, 0.5) is 0 Å². The largest absolute Gasteiger partial charge is 0.270 e. The van der Waals surface area contributed by atoms with E-state index in [1.807, 2.05) is 36.4 Å². The van der Waals surface area contributed by atoms with Crippen LogP contribution in [0.15, 0.2) is 42.6 Å². The van der Waals surface area contributed by atoms with Crippen molar-refractivity contribution in [2.75, 3.05) is 0 Å². The summed E-state index contributed by atoms with van der Waals surface area (Å²) in [7, 11) is 0. The molecule has 96 valence electrons. The number of nitrogens with zero attached hydrogens (tertiary/aromatic N) is 2. The molecule has 1 unspecified atom stereocenters. The molecule has 1 aromatic carbocycles. The van der Waals surface area contributed by atoms with Gasteiger partial charge in [-0.2, -0.15) is 0 Å². The number of nitrogens with two attached hydrogens (primary N) is 1. The quantitative estimate of drug-likeness (QED) is 0.575. The Morgan fingerprint density at radius 3 is 2.63 bits per heavy atom. The number of rotatable bonds is 3. The zero-order valence-electron chi connectivity index (χ0n) is 9.88. The standard InChI is InChI=1S/C13H11ClN4S/c14-12-6-5-11(19-12)13(18-15)10-7-16-8-3-1-2-4-9(8)17-10/h1-7,13,18H,15H2. The van der Waals surface area contributed by atoms with E-state index in [0.717, 1.165) is 25.9 Å². The van der Waals surface area contributed by atoms with Crippen LogP contribution in [0.25, 0.3) is 11.0 Å². The second-order valence-electron chi connectivity index (χ2n) is 4.03. The van der Waals surface area contributed by atoms with Crippen molar-refractivity contribution in [2.24, 2.45) is 5.84 Å². The van der Waals surface area contributed by atoms with Gasteiger partial charge in [-0.3, -0.25) is 10.8 Å². The van der Waals surface area contributed by atoms with Gasteiger partial charge in [0, 0.05) is 4.88 Å². The molecule has 0 saturated carbocycles. The highest BCUT2D eigenvalue weighted by Crippen LogP contribution is 2.30. The van der Waals surface area contributed by atoms with Gasteiger partial charge in [0.1, 0.15) is 0 Å². The molecule has 0 spiro atoms. The number of hydrogen-bond donors (Lipinski definition) is 2. The Morgan fingerprint density at radius 2 is 1.95 bits per heavy atom. The first kappa shape index (κ1) is 12.5. The maximum Gasteiger partial charge on any atom is 0.0989 e. The van der Waals surface area contributed by atoms with Crippen molar-refractivity contribution in [3.05, 3.63) is 57.5 Å². The second-order valence-corrected chi connectivity index (χ2v) is 5.77. The zero-order valence-corrected chi connectivity index (χ0v) is 11.4. The summed E-state index contributed by atoms with van der Waals surface area (Å²) in [6, 6.07) is 11.3.